The average molecular weight is 275 g/mol. The molecule has 0 spiro atoms. The average Bonchev–Trinajstić information content (AvgIpc) is 3.11. The van der Waals surface area contributed by atoms with E-state index < -0.39 is 0 Å². The molecule has 0 bridgehead atoms. The molecular weight excluding hydrogens is 250 g/mol. The van der Waals surface area contributed by atoms with Crippen LogP contribution in [0.1, 0.15) is 31.2 Å². The van der Waals surface area contributed by atoms with Crippen LogP contribution < -0.4 is 15.6 Å². The van der Waals surface area contributed by atoms with Crippen molar-refractivity contribution in [3.63, 3.8) is 0 Å². The lowest BCUT2D eigenvalue weighted by Gasteiger charge is -2.16. The first kappa shape index (κ1) is 13.9. The van der Waals surface area contributed by atoms with E-state index in [-0.39, 0.29) is 0 Å². The van der Waals surface area contributed by atoms with Gasteiger partial charge in [0.15, 0.2) is 0 Å². The first-order valence-electron chi connectivity index (χ1n) is 7.76. The Labute approximate surface area is 121 Å². The van der Waals surface area contributed by atoms with Gasteiger partial charge in [-0.3, -0.25) is 15.8 Å². The summed E-state index contributed by atoms with van der Waals surface area (Å²) >= 11 is 0. The topological polar surface area (TPSA) is 36.5 Å². The first-order chi connectivity index (χ1) is 9.83. The van der Waals surface area contributed by atoms with Crippen LogP contribution in [-0.4, -0.2) is 43.7 Å². The molecule has 2 aliphatic heterocycles. The van der Waals surface area contributed by atoms with Crippen molar-refractivity contribution in [1.29, 1.82) is 0 Å². The molecule has 2 aliphatic rings. The Bertz CT molecular complexity index is 414. The molecule has 0 saturated carbocycles. The highest BCUT2D eigenvalue weighted by atomic mass is 16.5. The lowest BCUT2D eigenvalue weighted by Crippen LogP contribution is -2.28. The van der Waals surface area contributed by atoms with E-state index in [2.05, 4.69) is 46.9 Å². The summed E-state index contributed by atoms with van der Waals surface area (Å²) in [5, 5.41) is 0. The monoisotopic (exact) mass is 275 g/mol. The van der Waals surface area contributed by atoms with E-state index in [9.17, 15) is 0 Å². The Morgan fingerprint density at radius 3 is 2.60 bits per heavy atom. The lowest BCUT2D eigenvalue weighted by molar-refractivity contribution is 0.237. The Morgan fingerprint density at radius 2 is 1.95 bits per heavy atom. The van der Waals surface area contributed by atoms with Gasteiger partial charge in [-0.25, -0.2) is 0 Å². The fraction of sp³-hybridized carbons (Fsp3) is 0.625. The molecular formula is C16H25N3O. The van der Waals surface area contributed by atoms with Gasteiger partial charge in [-0.1, -0.05) is 12.1 Å². The smallest absolute Gasteiger partial charge is 0.119 e. The summed E-state index contributed by atoms with van der Waals surface area (Å²) in [4.78, 5) is 2.48. The zero-order valence-electron chi connectivity index (χ0n) is 12.3. The van der Waals surface area contributed by atoms with Crippen molar-refractivity contribution < 1.29 is 4.74 Å². The number of hydrogen-bond acceptors (Lipinski definition) is 4. The molecule has 0 aromatic heterocycles. The minimum atomic E-state index is 0.483. The fourth-order valence-corrected chi connectivity index (χ4v) is 3.12. The minimum absolute atomic E-state index is 0.483. The third-order valence-corrected chi connectivity index (χ3v) is 4.44. The highest BCUT2D eigenvalue weighted by Gasteiger charge is 2.23. The third kappa shape index (κ3) is 3.32. The Kier molecular flexibility index (Phi) is 4.55. The van der Waals surface area contributed by atoms with Gasteiger partial charge in [-0.05, 0) is 50.6 Å². The van der Waals surface area contributed by atoms with Gasteiger partial charge in [0.2, 0.25) is 0 Å². The fourth-order valence-electron chi connectivity index (χ4n) is 3.12. The molecule has 2 unspecified atom stereocenters. The first-order valence-corrected chi connectivity index (χ1v) is 7.76. The largest absolute Gasteiger partial charge is 0.492 e. The van der Waals surface area contributed by atoms with Crippen LogP contribution in [0.15, 0.2) is 24.3 Å². The highest BCUT2D eigenvalue weighted by molar-refractivity contribution is 5.31. The molecule has 3 rings (SSSR count). The van der Waals surface area contributed by atoms with E-state index in [1.54, 1.807) is 0 Å². The number of rotatable bonds is 5. The Morgan fingerprint density at radius 1 is 1.20 bits per heavy atom. The second-order valence-electron chi connectivity index (χ2n) is 5.89. The second-order valence-corrected chi connectivity index (χ2v) is 5.89. The number of nitrogens with zero attached hydrogens (tertiary/aromatic N) is 1. The molecule has 1 aromatic rings. The zero-order chi connectivity index (χ0) is 13.8. The molecule has 110 valence electrons. The SMILES string of the molecule is CC1NNCC1c1ccc(OCCN2CCCC2)cc1. The van der Waals surface area contributed by atoms with Crippen molar-refractivity contribution in [3.05, 3.63) is 29.8 Å². The van der Waals surface area contributed by atoms with Crippen LogP contribution in [0, 0.1) is 0 Å². The summed E-state index contributed by atoms with van der Waals surface area (Å²) in [6, 6.07) is 9.08. The van der Waals surface area contributed by atoms with Crippen LogP contribution in [0.2, 0.25) is 0 Å². The number of hydrazine groups is 1. The molecule has 0 amide bonds. The van der Waals surface area contributed by atoms with Crippen molar-refractivity contribution in [2.45, 2.75) is 31.7 Å². The molecule has 0 aliphatic carbocycles. The molecule has 2 atom stereocenters. The quantitative estimate of drug-likeness (QED) is 0.858. The van der Waals surface area contributed by atoms with Gasteiger partial charge in [-0.15, -0.1) is 0 Å². The van der Waals surface area contributed by atoms with Gasteiger partial charge in [0.05, 0.1) is 0 Å². The van der Waals surface area contributed by atoms with Gasteiger partial charge < -0.3 is 4.74 Å². The molecule has 2 saturated heterocycles. The Hall–Kier alpha value is -1.10. The molecule has 2 N–H and O–H groups in total. The van der Waals surface area contributed by atoms with Gasteiger partial charge in [0, 0.05) is 25.0 Å². The maximum atomic E-state index is 5.84. The molecule has 2 heterocycles. The maximum Gasteiger partial charge on any atom is 0.119 e. The minimum Gasteiger partial charge on any atom is -0.492 e. The van der Waals surface area contributed by atoms with Gasteiger partial charge in [0.1, 0.15) is 12.4 Å². The number of ether oxygens (including phenoxy) is 1. The normalized spacial score (nSPS) is 27.1. The molecule has 4 heteroatoms. The molecule has 4 nitrogen and oxygen atoms in total. The lowest BCUT2D eigenvalue weighted by atomic mass is 9.94. The predicted molar refractivity (Wildman–Crippen MR) is 81.0 cm³/mol. The van der Waals surface area contributed by atoms with Gasteiger partial charge in [0.25, 0.3) is 0 Å². The summed E-state index contributed by atoms with van der Waals surface area (Å²) in [5.74, 6) is 1.54. The van der Waals surface area contributed by atoms with Crippen molar-refractivity contribution >= 4 is 0 Å². The predicted octanol–water partition coefficient (Wildman–Crippen LogP) is 1.74. The van der Waals surface area contributed by atoms with Crippen molar-refractivity contribution in [2.75, 3.05) is 32.8 Å². The summed E-state index contributed by atoms with van der Waals surface area (Å²) in [5.41, 5.74) is 7.85. The molecule has 2 fully saturated rings. The van der Waals surface area contributed by atoms with E-state index in [1.165, 1.54) is 31.5 Å². The van der Waals surface area contributed by atoms with Crippen LogP contribution in [0.4, 0.5) is 0 Å². The number of nitrogens with one attached hydrogen (secondary N) is 2. The summed E-state index contributed by atoms with van der Waals surface area (Å²) < 4.78 is 5.84. The van der Waals surface area contributed by atoms with E-state index >= 15 is 0 Å². The van der Waals surface area contributed by atoms with Crippen molar-refractivity contribution in [1.82, 2.24) is 15.8 Å². The maximum absolute atomic E-state index is 5.84. The van der Waals surface area contributed by atoms with Crippen LogP contribution in [0.3, 0.4) is 0 Å². The van der Waals surface area contributed by atoms with E-state index in [0.29, 0.717) is 12.0 Å². The summed E-state index contributed by atoms with van der Waals surface area (Å²) in [6.07, 6.45) is 2.69. The summed E-state index contributed by atoms with van der Waals surface area (Å²) in [7, 11) is 0. The van der Waals surface area contributed by atoms with E-state index in [4.69, 9.17) is 4.74 Å². The number of benzene rings is 1. The van der Waals surface area contributed by atoms with Gasteiger partial charge in [-0.2, -0.15) is 0 Å². The van der Waals surface area contributed by atoms with Crippen molar-refractivity contribution in [2.24, 2.45) is 0 Å². The standard InChI is InChI=1S/C16H25N3O/c1-13-16(12-17-18-13)14-4-6-15(7-5-14)20-11-10-19-8-2-3-9-19/h4-7,13,16-18H,2-3,8-12H2,1H3. The zero-order valence-corrected chi connectivity index (χ0v) is 12.3. The van der Waals surface area contributed by atoms with Crippen LogP contribution in [-0.2, 0) is 0 Å². The van der Waals surface area contributed by atoms with Crippen LogP contribution in [0.5, 0.6) is 5.75 Å². The Balaban J connectivity index is 1.48. The second kappa shape index (κ2) is 6.57. The summed E-state index contributed by atoms with van der Waals surface area (Å²) in [6.45, 7) is 7.53. The van der Waals surface area contributed by atoms with Crippen LogP contribution >= 0.6 is 0 Å². The highest BCUT2D eigenvalue weighted by Crippen LogP contribution is 2.24. The number of likely N-dealkylation sites (tertiary alicyclic amines) is 1. The molecule has 0 radical (unpaired) electrons. The molecule has 20 heavy (non-hydrogen) atoms. The number of hydrogen-bond donors (Lipinski definition) is 2. The van der Waals surface area contributed by atoms with E-state index in [0.717, 1.165) is 25.4 Å². The van der Waals surface area contributed by atoms with Crippen LogP contribution in [0.25, 0.3) is 0 Å². The van der Waals surface area contributed by atoms with Crippen molar-refractivity contribution in [3.8, 4) is 5.75 Å². The van der Waals surface area contributed by atoms with E-state index in [1.807, 2.05) is 0 Å². The molecule has 1 aromatic carbocycles. The third-order valence-electron chi connectivity index (χ3n) is 4.44. The van der Waals surface area contributed by atoms with Gasteiger partial charge >= 0.3 is 0 Å².